The maximum Gasteiger partial charge on any atom is 0.338 e. The van der Waals surface area contributed by atoms with Crippen molar-refractivity contribution < 1.29 is 28.6 Å². The number of benzene rings is 3. The Labute approximate surface area is 370 Å². The van der Waals surface area contributed by atoms with Crippen LogP contribution in [0.2, 0.25) is 0 Å². The molecule has 0 saturated heterocycles. The number of nitrogens with one attached hydrogen (secondary N) is 3. The van der Waals surface area contributed by atoms with Crippen LogP contribution in [0.4, 0.5) is 29.0 Å². The Balaban J connectivity index is 0.000000450. The number of hydrogen-bond acceptors (Lipinski definition) is 12. The summed E-state index contributed by atoms with van der Waals surface area (Å²) in [7, 11) is 1.85. The number of nitrogens with zero attached hydrogens (tertiary/aromatic N) is 3. The number of aromatic nitrogens is 3. The van der Waals surface area contributed by atoms with Crippen LogP contribution in [0, 0.1) is 24.7 Å². The van der Waals surface area contributed by atoms with Gasteiger partial charge in [0.15, 0.2) is 0 Å². The van der Waals surface area contributed by atoms with E-state index in [4.69, 9.17) is 14.2 Å². The summed E-state index contributed by atoms with van der Waals surface area (Å²) in [4.78, 5) is 50.2. The first kappa shape index (κ1) is 50.8. The third-order valence-electron chi connectivity index (χ3n) is 10.9. The molecule has 1 aromatic heterocycles. The number of anilines is 5. The molecule has 62 heavy (non-hydrogen) atoms. The van der Waals surface area contributed by atoms with Crippen molar-refractivity contribution in [2.45, 2.75) is 126 Å². The molecule has 3 aromatic carbocycles. The predicted octanol–water partition coefficient (Wildman–Crippen LogP) is 12.5. The second kappa shape index (κ2) is 28.9. The van der Waals surface area contributed by atoms with Gasteiger partial charge in [0.1, 0.15) is 5.82 Å². The van der Waals surface area contributed by atoms with E-state index in [9.17, 15) is 14.4 Å². The van der Waals surface area contributed by atoms with Crippen LogP contribution in [-0.2, 0) is 14.2 Å². The lowest BCUT2D eigenvalue weighted by molar-refractivity contribution is 0.0419. The molecule has 3 unspecified atom stereocenters. The highest BCUT2D eigenvalue weighted by Crippen LogP contribution is 2.21. The van der Waals surface area contributed by atoms with Crippen LogP contribution in [-0.4, -0.2) is 59.7 Å². The van der Waals surface area contributed by atoms with Crippen LogP contribution in [0.15, 0.2) is 72.8 Å². The zero-order valence-electron chi connectivity index (χ0n) is 38.6. The van der Waals surface area contributed by atoms with E-state index in [0.29, 0.717) is 72.0 Å². The summed E-state index contributed by atoms with van der Waals surface area (Å²) in [5, 5.41) is 9.36. The fourth-order valence-corrected chi connectivity index (χ4v) is 6.53. The molecule has 0 aliphatic rings. The van der Waals surface area contributed by atoms with E-state index in [1.807, 2.05) is 19.2 Å². The zero-order valence-corrected chi connectivity index (χ0v) is 38.6. The summed E-state index contributed by atoms with van der Waals surface area (Å²) < 4.78 is 16.5. The number of carbonyl (C=O) groups is 3. The molecule has 3 atom stereocenters. The van der Waals surface area contributed by atoms with Gasteiger partial charge in [0, 0.05) is 24.1 Å². The topological polar surface area (TPSA) is 154 Å². The highest BCUT2D eigenvalue weighted by molar-refractivity contribution is 5.91. The van der Waals surface area contributed by atoms with Crippen molar-refractivity contribution in [3.63, 3.8) is 0 Å². The quantitative estimate of drug-likeness (QED) is 0.0407. The molecule has 338 valence electrons. The molecule has 0 aliphatic carbocycles. The molecule has 0 spiro atoms. The number of carbonyl (C=O) groups excluding carboxylic acids is 3. The van der Waals surface area contributed by atoms with Crippen molar-refractivity contribution >= 4 is 46.9 Å². The van der Waals surface area contributed by atoms with Gasteiger partial charge in [-0.3, -0.25) is 0 Å². The SMILES string of the molecule is CCCCC(CC)COC(=O)c1ccc(NC)cc1.CCCCC(CC)COC(=O)c1ccc(Nc2nc(C)nc(Nc3ccc(C(=O)OCC(CC)CCCC)cc3)n2)cc1. The fraction of sp³-hybridized carbons (Fsp3) is 0.520. The number of hydrogen-bond donors (Lipinski definition) is 3. The van der Waals surface area contributed by atoms with Crippen LogP contribution < -0.4 is 16.0 Å². The normalized spacial score (nSPS) is 12.2. The minimum atomic E-state index is -0.319. The maximum absolute atomic E-state index is 12.5. The Morgan fingerprint density at radius 2 is 0.790 bits per heavy atom. The van der Waals surface area contributed by atoms with Gasteiger partial charge in [-0.25, -0.2) is 14.4 Å². The smallest absolute Gasteiger partial charge is 0.338 e. The average Bonchev–Trinajstić information content (AvgIpc) is 3.29. The summed E-state index contributed by atoms with van der Waals surface area (Å²) >= 11 is 0. The Bertz CT molecular complexity index is 1790. The largest absolute Gasteiger partial charge is 0.462 e. The Morgan fingerprint density at radius 1 is 0.484 bits per heavy atom. The highest BCUT2D eigenvalue weighted by Gasteiger charge is 2.15. The first-order chi connectivity index (χ1) is 30.0. The molecular formula is C50H72N6O6. The minimum Gasteiger partial charge on any atom is -0.462 e. The average molecular weight is 853 g/mol. The molecule has 4 rings (SSSR count). The second-order valence-electron chi connectivity index (χ2n) is 15.8. The molecule has 12 nitrogen and oxygen atoms in total. The molecule has 0 saturated carbocycles. The lowest BCUT2D eigenvalue weighted by atomic mass is 10.0. The summed E-state index contributed by atoms with van der Waals surface area (Å²) in [6.07, 6.45) is 13.3. The molecule has 1 heterocycles. The van der Waals surface area contributed by atoms with Gasteiger partial charge in [0.2, 0.25) is 11.9 Å². The van der Waals surface area contributed by atoms with Gasteiger partial charge in [-0.15, -0.1) is 0 Å². The third-order valence-corrected chi connectivity index (χ3v) is 10.9. The van der Waals surface area contributed by atoms with Crippen LogP contribution >= 0.6 is 0 Å². The summed E-state index contributed by atoms with van der Waals surface area (Å²) in [5.41, 5.74) is 4.06. The van der Waals surface area contributed by atoms with E-state index >= 15 is 0 Å². The molecule has 0 bridgehead atoms. The lowest BCUT2D eigenvalue weighted by Crippen LogP contribution is -2.14. The van der Waals surface area contributed by atoms with Gasteiger partial charge in [0.05, 0.1) is 36.5 Å². The Hall–Kier alpha value is -5.52. The fourth-order valence-electron chi connectivity index (χ4n) is 6.53. The van der Waals surface area contributed by atoms with Gasteiger partial charge >= 0.3 is 17.9 Å². The molecule has 0 radical (unpaired) electrons. The second-order valence-corrected chi connectivity index (χ2v) is 15.8. The van der Waals surface area contributed by atoms with Crippen molar-refractivity contribution in [2.24, 2.45) is 17.8 Å². The first-order valence-corrected chi connectivity index (χ1v) is 22.8. The van der Waals surface area contributed by atoms with Gasteiger partial charge in [-0.1, -0.05) is 99.3 Å². The zero-order chi connectivity index (χ0) is 45.1. The van der Waals surface area contributed by atoms with E-state index < -0.39 is 0 Å². The van der Waals surface area contributed by atoms with Crippen LogP contribution in [0.1, 0.15) is 155 Å². The Kier molecular flexibility index (Phi) is 23.7. The molecule has 3 N–H and O–H groups in total. The highest BCUT2D eigenvalue weighted by atomic mass is 16.5. The predicted molar refractivity (Wildman–Crippen MR) is 251 cm³/mol. The summed E-state index contributed by atoms with van der Waals surface area (Å²) in [6.45, 7) is 16.1. The van der Waals surface area contributed by atoms with Crippen LogP contribution in [0.5, 0.6) is 0 Å². The molecular weight excluding hydrogens is 781 g/mol. The van der Waals surface area contributed by atoms with Gasteiger partial charge in [-0.2, -0.15) is 15.0 Å². The molecule has 0 aliphatic heterocycles. The van der Waals surface area contributed by atoms with Crippen LogP contribution in [0.3, 0.4) is 0 Å². The van der Waals surface area contributed by atoms with Gasteiger partial charge < -0.3 is 30.2 Å². The van der Waals surface area contributed by atoms with Crippen molar-refractivity contribution in [2.75, 3.05) is 42.8 Å². The van der Waals surface area contributed by atoms with E-state index in [-0.39, 0.29) is 17.9 Å². The summed E-state index contributed by atoms with van der Waals surface area (Å²) in [6, 6.07) is 21.4. The standard InChI is InChI=1S/C34H47N5O4.C16H25NO2/c1-6-10-12-25(8-3)22-42-31(40)27-14-18-29(19-15-27)37-33-35-24(5)36-34(39-33)38-30-20-16-28(17-21-30)32(41)43-23-26(9-4)13-11-7-2;1-4-6-7-13(5-2)12-19-16(18)14-8-10-15(17-3)11-9-14/h14-21,25-26H,6-13,22-23H2,1-5H3,(H2,35,36,37,38,39);8-11,13,17H,4-7,12H2,1-3H3. The Morgan fingerprint density at radius 3 is 1.06 bits per heavy atom. The van der Waals surface area contributed by atoms with Gasteiger partial charge in [0.25, 0.3) is 0 Å². The first-order valence-electron chi connectivity index (χ1n) is 22.8. The van der Waals surface area contributed by atoms with Crippen molar-refractivity contribution in [1.82, 2.24) is 15.0 Å². The minimum absolute atomic E-state index is 0.224. The third kappa shape index (κ3) is 18.6. The lowest BCUT2D eigenvalue weighted by Gasteiger charge is -2.15. The van der Waals surface area contributed by atoms with Crippen molar-refractivity contribution in [3.05, 3.63) is 95.3 Å². The molecule has 0 fully saturated rings. The van der Waals surface area contributed by atoms with Crippen molar-refractivity contribution in [3.8, 4) is 0 Å². The molecule has 12 heteroatoms. The molecule has 4 aromatic rings. The number of rotatable bonds is 26. The van der Waals surface area contributed by atoms with Gasteiger partial charge in [-0.05, 0) is 117 Å². The monoisotopic (exact) mass is 853 g/mol. The summed E-state index contributed by atoms with van der Waals surface area (Å²) in [5.74, 6) is 1.67. The van der Waals surface area contributed by atoms with E-state index in [1.54, 1.807) is 67.6 Å². The van der Waals surface area contributed by atoms with E-state index in [1.165, 1.54) is 12.8 Å². The van der Waals surface area contributed by atoms with Crippen LogP contribution in [0.25, 0.3) is 0 Å². The number of unbranched alkanes of at least 4 members (excludes halogenated alkanes) is 3. The number of esters is 3. The maximum atomic E-state index is 12.5. The number of ether oxygens (including phenoxy) is 3. The number of aryl methyl sites for hydroxylation is 1. The molecule has 0 amide bonds. The van der Waals surface area contributed by atoms with E-state index in [2.05, 4.69) is 72.4 Å². The van der Waals surface area contributed by atoms with Crippen molar-refractivity contribution in [1.29, 1.82) is 0 Å². The van der Waals surface area contributed by atoms with E-state index in [0.717, 1.165) is 81.3 Å².